The van der Waals surface area contributed by atoms with E-state index in [-0.39, 0.29) is 5.97 Å². The van der Waals surface area contributed by atoms with Crippen LogP contribution in [0.3, 0.4) is 0 Å². The Balaban J connectivity index is 2.47. The topological polar surface area (TPSA) is 42.1 Å². The van der Waals surface area contributed by atoms with Crippen LogP contribution in [-0.4, -0.2) is 16.6 Å². The van der Waals surface area contributed by atoms with Gasteiger partial charge in [0.1, 0.15) is 11.3 Å². The summed E-state index contributed by atoms with van der Waals surface area (Å²) >= 11 is 3.43. The highest BCUT2D eigenvalue weighted by Gasteiger charge is 2.22. The number of nitrogens with one attached hydrogen (secondary N) is 1. The molecule has 0 aliphatic heterocycles. The van der Waals surface area contributed by atoms with Gasteiger partial charge in [0.2, 0.25) is 0 Å². The second-order valence-corrected chi connectivity index (χ2v) is 5.72. The fourth-order valence-electron chi connectivity index (χ4n) is 1.84. The number of carbonyl (C=O) groups excluding carboxylic acids is 1. The summed E-state index contributed by atoms with van der Waals surface area (Å²) in [5.41, 5.74) is 1.94. The Labute approximate surface area is 115 Å². The van der Waals surface area contributed by atoms with Crippen molar-refractivity contribution in [3.63, 3.8) is 0 Å². The second-order valence-electron chi connectivity index (χ2n) is 5.16. The highest BCUT2D eigenvalue weighted by Crippen LogP contribution is 2.26. The Bertz CT molecular complexity index is 581. The van der Waals surface area contributed by atoms with E-state index in [1.54, 1.807) is 0 Å². The number of aromatic nitrogens is 1. The molecule has 0 spiro atoms. The maximum atomic E-state index is 12.1. The standard InChI is InChI=1S/C14H16BrNO2/c1-14(2,3)18-13(17)12-10(8-15)9-6-4-5-7-11(9)16-12/h4-7,16H,8H2,1-3H3. The van der Waals surface area contributed by atoms with E-state index < -0.39 is 5.60 Å². The second kappa shape index (κ2) is 4.76. The van der Waals surface area contributed by atoms with E-state index in [9.17, 15) is 4.79 Å². The predicted octanol–water partition coefficient (Wildman–Crippen LogP) is 4.02. The Morgan fingerprint density at radius 1 is 1.33 bits per heavy atom. The number of H-pyrrole nitrogens is 1. The van der Waals surface area contributed by atoms with Gasteiger partial charge in [-0.15, -0.1) is 0 Å². The van der Waals surface area contributed by atoms with Crippen LogP contribution in [0, 0.1) is 0 Å². The number of benzene rings is 1. The third-order valence-corrected chi connectivity index (χ3v) is 3.11. The minimum atomic E-state index is -0.488. The van der Waals surface area contributed by atoms with Crippen molar-refractivity contribution in [2.24, 2.45) is 0 Å². The van der Waals surface area contributed by atoms with Gasteiger partial charge in [-0.2, -0.15) is 0 Å². The number of fused-ring (bicyclic) bond motifs is 1. The van der Waals surface area contributed by atoms with Gasteiger partial charge in [0.25, 0.3) is 0 Å². The summed E-state index contributed by atoms with van der Waals surface area (Å²) in [7, 11) is 0. The monoisotopic (exact) mass is 309 g/mol. The molecule has 4 heteroatoms. The lowest BCUT2D eigenvalue weighted by Gasteiger charge is -2.19. The van der Waals surface area contributed by atoms with Gasteiger partial charge >= 0.3 is 5.97 Å². The van der Waals surface area contributed by atoms with E-state index >= 15 is 0 Å². The number of hydrogen-bond acceptors (Lipinski definition) is 2. The van der Waals surface area contributed by atoms with Gasteiger partial charge in [0, 0.05) is 21.8 Å². The summed E-state index contributed by atoms with van der Waals surface area (Å²) < 4.78 is 5.40. The first-order valence-corrected chi connectivity index (χ1v) is 6.93. The number of carbonyl (C=O) groups is 1. The van der Waals surface area contributed by atoms with Crippen molar-refractivity contribution in [2.45, 2.75) is 31.7 Å². The molecule has 0 saturated heterocycles. The molecule has 0 amide bonds. The number of esters is 1. The first-order chi connectivity index (χ1) is 8.42. The fourth-order valence-corrected chi connectivity index (χ4v) is 2.42. The smallest absolute Gasteiger partial charge is 0.355 e. The van der Waals surface area contributed by atoms with Crippen LogP contribution in [0.15, 0.2) is 24.3 Å². The molecule has 0 fully saturated rings. The molecule has 1 heterocycles. The van der Waals surface area contributed by atoms with E-state index in [2.05, 4.69) is 20.9 Å². The lowest BCUT2D eigenvalue weighted by Crippen LogP contribution is -2.24. The maximum absolute atomic E-state index is 12.1. The Morgan fingerprint density at radius 2 is 2.00 bits per heavy atom. The fraction of sp³-hybridized carbons (Fsp3) is 0.357. The molecule has 1 aromatic carbocycles. The predicted molar refractivity (Wildman–Crippen MR) is 76.1 cm³/mol. The molecule has 2 rings (SSSR count). The molecule has 0 bridgehead atoms. The Morgan fingerprint density at radius 3 is 2.61 bits per heavy atom. The molecular weight excluding hydrogens is 294 g/mol. The quantitative estimate of drug-likeness (QED) is 0.672. The first-order valence-electron chi connectivity index (χ1n) is 5.81. The highest BCUT2D eigenvalue weighted by molar-refractivity contribution is 9.08. The van der Waals surface area contributed by atoms with Gasteiger partial charge in [0.15, 0.2) is 0 Å². The van der Waals surface area contributed by atoms with Crippen LogP contribution in [0.5, 0.6) is 0 Å². The largest absolute Gasteiger partial charge is 0.455 e. The SMILES string of the molecule is CC(C)(C)OC(=O)c1[nH]c2ccccc2c1CBr. The van der Waals surface area contributed by atoms with Crippen LogP contribution in [0.4, 0.5) is 0 Å². The van der Waals surface area contributed by atoms with Crippen LogP contribution in [0.2, 0.25) is 0 Å². The van der Waals surface area contributed by atoms with E-state index in [0.29, 0.717) is 11.0 Å². The minimum Gasteiger partial charge on any atom is -0.455 e. The third-order valence-electron chi connectivity index (χ3n) is 2.55. The zero-order valence-corrected chi connectivity index (χ0v) is 12.3. The zero-order chi connectivity index (χ0) is 13.3. The molecular formula is C14H16BrNO2. The van der Waals surface area contributed by atoms with Crippen molar-refractivity contribution in [3.8, 4) is 0 Å². The molecule has 0 unspecified atom stereocenters. The van der Waals surface area contributed by atoms with Gasteiger partial charge in [-0.25, -0.2) is 4.79 Å². The number of aromatic amines is 1. The Kier molecular flexibility index (Phi) is 3.48. The van der Waals surface area contributed by atoms with Crippen molar-refractivity contribution >= 4 is 32.8 Å². The van der Waals surface area contributed by atoms with E-state index in [4.69, 9.17) is 4.74 Å². The summed E-state index contributed by atoms with van der Waals surface area (Å²) in [6.45, 7) is 5.59. The highest BCUT2D eigenvalue weighted by atomic mass is 79.9. The number of alkyl halides is 1. The van der Waals surface area contributed by atoms with Gasteiger partial charge in [-0.05, 0) is 26.8 Å². The van der Waals surface area contributed by atoms with Crippen LogP contribution in [0.25, 0.3) is 10.9 Å². The van der Waals surface area contributed by atoms with Gasteiger partial charge < -0.3 is 9.72 Å². The van der Waals surface area contributed by atoms with Crippen LogP contribution in [0.1, 0.15) is 36.8 Å². The van der Waals surface area contributed by atoms with Gasteiger partial charge in [0.05, 0.1) is 0 Å². The molecule has 18 heavy (non-hydrogen) atoms. The molecule has 0 aliphatic carbocycles. The molecule has 0 atom stereocenters. The summed E-state index contributed by atoms with van der Waals surface area (Å²) in [6, 6.07) is 7.85. The normalized spacial score (nSPS) is 11.8. The number of ether oxygens (including phenoxy) is 1. The van der Waals surface area contributed by atoms with Crippen molar-refractivity contribution in [1.82, 2.24) is 4.98 Å². The molecule has 1 aromatic heterocycles. The minimum absolute atomic E-state index is 0.312. The van der Waals surface area contributed by atoms with Crippen LogP contribution < -0.4 is 0 Å². The zero-order valence-electron chi connectivity index (χ0n) is 10.7. The first kappa shape index (κ1) is 13.1. The summed E-state index contributed by atoms with van der Waals surface area (Å²) in [4.78, 5) is 15.3. The van der Waals surface area contributed by atoms with Crippen molar-refractivity contribution in [1.29, 1.82) is 0 Å². The van der Waals surface area contributed by atoms with Crippen molar-refractivity contribution in [2.75, 3.05) is 0 Å². The molecule has 0 radical (unpaired) electrons. The summed E-state index contributed by atoms with van der Waals surface area (Å²) in [5.74, 6) is -0.312. The van der Waals surface area contributed by atoms with Crippen molar-refractivity contribution < 1.29 is 9.53 Å². The molecule has 1 N–H and O–H groups in total. The van der Waals surface area contributed by atoms with E-state index in [1.807, 2.05) is 45.0 Å². The van der Waals surface area contributed by atoms with Crippen molar-refractivity contribution in [3.05, 3.63) is 35.5 Å². The number of rotatable bonds is 2. The summed E-state index contributed by atoms with van der Waals surface area (Å²) in [6.07, 6.45) is 0. The van der Waals surface area contributed by atoms with E-state index in [0.717, 1.165) is 16.5 Å². The van der Waals surface area contributed by atoms with Gasteiger partial charge in [-0.1, -0.05) is 34.1 Å². The lowest BCUT2D eigenvalue weighted by atomic mass is 10.1. The third kappa shape index (κ3) is 2.58. The summed E-state index contributed by atoms with van der Waals surface area (Å²) in [5, 5.41) is 1.67. The number of halogens is 1. The molecule has 3 nitrogen and oxygen atoms in total. The van der Waals surface area contributed by atoms with Gasteiger partial charge in [-0.3, -0.25) is 0 Å². The molecule has 0 aliphatic rings. The molecule has 2 aromatic rings. The average Bonchev–Trinajstić information content (AvgIpc) is 2.65. The number of hydrogen-bond donors (Lipinski definition) is 1. The lowest BCUT2D eigenvalue weighted by molar-refractivity contribution is 0.00630. The number of para-hydroxylation sites is 1. The van der Waals surface area contributed by atoms with Crippen LogP contribution >= 0.6 is 15.9 Å². The van der Waals surface area contributed by atoms with E-state index in [1.165, 1.54) is 0 Å². The molecule has 96 valence electrons. The Hall–Kier alpha value is -1.29. The maximum Gasteiger partial charge on any atom is 0.355 e. The van der Waals surface area contributed by atoms with Crippen LogP contribution in [-0.2, 0) is 10.1 Å². The molecule has 0 saturated carbocycles. The average molecular weight is 310 g/mol.